The summed E-state index contributed by atoms with van der Waals surface area (Å²) in [4.78, 5) is 28.9. The molecule has 1 saturated heterocycles. The van der Waals surface area contributed by atoms with Crippen LogP contribution in [0.15, 0.2) is 47.1 Å². The Hall–Kier alpha value is -2.60. The average molecular weight is 341 g/mol. The maximum Gasteiger partial charge on any atom is 0.253 e. The molecule has 132 valence electrons. The van der Waals surface area contributed by atoms with Gasteiger partial charge in [0.25, 0.3) is 11.8 Å². The molecule has 0 bridgehead atoms. The van der Waals surface area contributed by atoms with Crippen LogP contribution < -0.4 is 5.32 Å². The second-order valence-corrected chi connectivity index (χ2v) is 6.07. The van der Waals surface area contributed by atoms with Gasteiger partial charge in [-0.25, -0.2) is 0 Å². The smallest absolute Gasteiger partial charge is 0.253 e. The molecule has 0 atom stereocenters. The minimum Gasteiger partial charge on any atom is -0.467 e. The zero-order valence-electron chi connectivity index (χ0n) is 14.4. The largest absolute Gasteiger partial charge is 0.467 e. The van der Waals surface area contributed by atoms with E-state index in [1.807, 2.05) is 4.90 Å². The third kappa shape index (κ3) is 4.28. The van der Waals surface area contributed by atoms with Crippen LogP contribution in [0.5, 0.6) is 0 Å². The lowest BCUT2D eigenvalue weighted by molar-refractivity contribution is 0.0643. The molecule has 2 amide bonds. The SMILES string of the molecule is CCN1CCN(C(=O)c2ccc(C(=O)NCc3ccco3)cc2)CC1. The summed E-state index contributed by atoms with van der Waals surface area (Å²) in [6.07, 6.45) is 1.57. The molecule has 2 heterocycles. The van der Waals surface area contributed by atoms with Gasteiger partial charge in [0.1, 0.15) is 5.76 Å². The molecule has 0 aliphatic carbocycles. The van der Waals surface area contributed by atoms with E-state index in [0.29, 0.717) is 23.4 Å². The fraction of sp³-hybridized carbons (Fsp3) is 0.368. The van der Waals surface area contributed by atoms with Crippen molar-refractivity contribution in [2.75, 3.05) is 32.7 Å². The standard InChI is InChI=1S/C19H23N3O3/c1-2-21-9-11-22(12-10-21)19(24)16-7-5-15(6-8-16)18(23)20-14-17-4-3-13-25-17/h3-8,13H,2,9-12,14H2,1H3,(H,20,23). The highest BCUT2D eigenvalue weighted by atomic mass is 16.3. The Balaban J connectivity index is 1.56. The number of amides is 2. The zero-order chi connectivity index (χ0) is 17.6. The van der Waals surface area contributed by atoms with E-state index in [2.05, 4.69) is 17.1 Å². The number of rotatable bonds is 5. The molecule has 1 aliphatic heterocycles. The van der Waals surface area contributed by atoms with Crippen LogP contribution in [0, 0.1) is 0 Å². The number of nitrogens with one attached hydrogen (secondary N) is 1. The molecule has 0 unspecified atom stereocenters. The molecule has 25 heavy (non-hydrogen) atoms. The monoisotopic (exact) mass is 341 g/mol. The first-order valence-electron chi connectivity index (χ1n) is 8.59. The van der Waals surface area contributed by atoms with Crippen molar-refractivity contribution in [3.05, 3.63) is 59.5 Å². The van der Waals surface area contributed by atoms with E-state index in [0.717, 1.165) is 32.7 Å². The maximum atomic E-state index is 12.6. The number of hydrogen-bond acceptors (Lipinski definition) is 4. The van der Waals surface area contributed by atoms with E-state index in [-0.39, 0.29) is 11.8 Å². The fourth-order valence-corrected chi connectivity index (χ4v) is 2.90. The third-order valence-electron chi connectivity index (χ3n) is 4.50. The summed E-state index contributed by atoms with van der Waals surface area (Å²) in [5, 5.41) is 2.79. The minimum atomic E-state index is -0.188. The van der Waals surface area contributed by atoms with Gasteiger partial charge in [0.05, 0.1) is 12.8 Å². The summed E-state index contributed by atoms with van der Waals surface area (Å²) in [6, 6.07) is 10.4. The summed E-state index contributed by atoms with van der Waals surface area (Å²) in [5.41, 5.74) is 1.14. The Morgan fingerprint density at radius 3 is 2.32 bits per heavy atom. The van der Waals surface area contributed by atoms with Gasteiger partial charge in [-0.2, -0.15) is 0 Å². The topological polar surface area (TPSA) is 65.8 Å². The summed E-state index contributed by atoms with van der Waals surface area (Å²) >= 11 is 0. The lowest BCUT2D eigenvalue weighted by atomic mass is 10.1. The number of furan rings is 1. The van der Waals surface area contributed by atoms with Crippen LogP contribution >= 0.6 is 0 Å². The highest BCUT2D eigenvalue weighted by molar-refractivity contribution is 5.97. The van der Waals surface area contributed by atoms with Crippen LogP contribution in [0.3, 0.4) is 0 Å². The number of carbonyl (C=O) groups excluding carboxylic acids is 2. The van der Waals surface area contributed by atoms with Crippen molar-refractivity contribution in [2.24, 2.45) is 0 Å². The third-order valence-corrected chi connectivity index (χ3v) is 4.50. The van der Waals surface area contributed by atoms with Gasteiger partial charge in [-0.1, -0.05) is 6.92 Å². The molecule has 1 fully saturated rings. The lowest BCUT2D eigenvalue weighted by Gasteiger charge is -2.34. The van der Waals surface area contributed by atoms with Gasteiger partial charge in [-0.15, -0.1) is 0 Å². The normalized spacial score (nSPS) is 15.2. The van der Waals surface area contributed by atoms with Crippen molar-refractivity contribution in [1.29, 1.82) is 0 Å². The quantitative estimate of drug-likeness (QED) is 0.903. The Bertz CT molecular complexity index is 702. The highest BCUT2D eigenvalue weighted by Crippen LogP contribution is 2.11. The molecule has 2 aromatic rings. The van der Waals surface area contributed by atoms with Crippen molar-refractivity contribution in [1.82, 2.24) is 15.1 Å². The molecule has 0 radical (unpaired) electrons. The molecule has 6 nitrogen and oxygen atoms in total. The maximum absolute atomic E-state index is 12.6. The van der Waals surface area contributed by atoms with Gasteiger partial charge >= 0.3 is 0 Å². The summed E-state index contributed by atoms with van der Waals surface area (Å²) in [6.45, 7) is 6.81. The summed E-state index contributed by atoms with van der Waals surface area (Å²) in [7, 11) is 0. The van der Waals surface area contributed by atoms with Gasteiger partial charge in [0, 0.05) is 37.3 Å². The van der Waals surface area contributed by atoms with Crippen LogP contribution in [0.2, 0.25) is 0 Å². The van der Waals surface area contributed by atoms with Gasteiger partial charge < -0.3 is 19.5 Å². The van der Waals surface area contributed by atoms with Gasteiger partial charge in [-0.3, -0.25) is 9.59 Å². The van der Waals surface area contributed by atoms with E-state index in [1.165, 1.54) is 0 Å². The second kappa shape index (κ2) is 7.98. The predicted molar refractivity (Wildman–Crippen MR) is 94.3 cm³/mol. The molecule has 1 N–H and O–H groups in total. The number of nitrogens with zero attached hydrogens (tertiary/aromatic N) is 2. The first-order chi connectivity index (χ1) is 12.2. The summed E-state index contributed by atoms with van der Waals surface area (Å²) < 4.78 is 5.18. The molecule has 0 spiro atoms. The number of benzene rings is 1. The first-order valence-corrected chi connectivity index (χ1v) is 8.59. The number of piperazine rings is 1. The average Bonchev–Trinajstić information content (AvgIpc) is 3.19. The van der Waals surface area contributed by atoms with E-state index < -0.39 is 0 Å². The van der Waals surface area contributed by atoms with Crippen LogP contribution in [-0.2, 0) is 6.54 Å². The lowest BCUT2D eigenvalue weighted by Crippen LogP contribution is -2.48. The zero-order valence-corrected chi connectivity index (χ0v) is 14.4. The second-order valence-electron chi connectivity index (χ2n) is 6.07. The number of likely N-dealkylation sites (N-methyl/N-ethyl adjacent to an activating group) is 1. The molecule has 3 rings (SSSR count). The number of carbonyl (C=O) groups is 2. The van der Waals surface area contributed by atoms with Crippen molar-refractivity contribution in [3.63, 3.8) is 0 Å². The van der Waals surface area contributed by atoms with Crippen molar-refractivity contribution in [3.8, 4) is 0 Å². The van der Waals surface area contributed by atoms with Gasteiger partial charge in [-0.05, 0) is 42.9 Å². The van der Waals surface area contributed by atoms with E-state index in [1.54, 1.807) is 42.7 Å². The molecular weight excluding hydrogens is 318 g/mol. The molecule has 0 saturated carbocycles. The van der Waals surface area contributed by atoms with E-state index >= 15 is 0 Å². The van der Waals surface area contributed by atoms with Crippen molar-refractivity contribution < 1.29 is 14.0 Å². The molecular formula is C19H23N3O3. The Morgan fingerprint density at radius 2 is 1.72 bits per heavy atom. The molecule has 1 aromatic carbocycles. The van der Waals surface area contributed by atoms with Gasteiger partial charge in [0.2, 0.25) is 0 Å². The summed E-state index contributed by atoms with van der Waals surface area (Å²) in [5.74, 6) is 0.539. The Labute approximate surface area is 147 Å². The van der Waals surface area contributed by atoms with Crippen LogP contribution in [0.1, 0.15) is 33.4 Å². The van der Waals surface area contributed by atoms with Crippen LogP contribution in [0.4, 0.5) is 0 Å². The van der Waals surface area contributed by atoms with E-state index in [9.17, 15) is 9.59 Å². The van der Waals surface area contributed by atoms with E-state index in [4.69, 9.17) is 4.42 Å². The van der Waals surface area contributed by atoms with Crippen molar-refractivity contribution >= 4 is 11.8 Å². The van der Waals surface area contributed by atoms with Gasteiger partial charge in [0.15, 0.2) is 0 Å². The first kappa shape index (κ1) is 17.2. The van der Waals surface area contributed by atoms with Crippen LogP contribution in [-0.4, -0.2) is 54.3 Å². The molecule has 1 aromatic heterocycles. The Morgan fingerprint density at radius 1 is 1.04 bits per heavy atom. The van der Waals surface area contributed by atoms with Crippen LogP contribution in [0.25, 0.3) is 0 Å². The number of hydrogen-bond donors (Lipinski definition) is 1. The minimum absolute atomic E-state index is 0.0262. The predicted octanol–water partition coefficient (Wildman–Crippen LogP) is 1.99. The molecule has 1 aliphatic rings. The fourth-order valence-electron chi connectivity index (χ4n) is 2.90. The Kier molecular flexibility index (Phi) is 5.50. The highest BCUT2D eigenvalue weighted by Gasteiger charge is 2.21. The van der Waals surface area contributed by atoms with Crippen molar-refractivity contribution in [2.45, 2.75) is 13.5 Å². The molecule has 6 heteroatoms.